The van der Waals surface area contributed by atoms with E-state index in [0.29, 0.717) is 11.3 Å². The van der Waals surface area contributed by atoms with Crippen LogP contribution < -0.4 is 5.32 Å². The molecule has 3 amide bonds. The van der Waals surface area contributed by atoms with Crippen LogP contribution in [0.15, 0.2) is 24.3 Å². The lowest BCUT2D eigenvalue weighted by molar-refractivity contribution is -0.140. The number of ether oxygens (including phenoxy) is 1. The Hall–Kier alpha value is -2.70. The quantitative estimate of drug-likeness (QED) is 0.642. The summed E-state index contributed by atoms with van der Waals surface area (Å²) >= 11 is 0. The zero-order valence-electron chi connectivity index (χ0n) is 14.7. The molecule has 1 aliphatic carbocycles. The Bertz CT molecular complexity index is 704. The van der Waals surface area contributed by atoms with Crippen LogP contribution in [0, 0.1) is 11.8 Å². The highest BCUT2D eigenvalue weighted by molar-refractivity contribution is 6.05. The number of hydrogen-bond donors (Lipinski definition) is 1. The normalized spacial score (nSPS) is 22.1. The van der Waals surface area contributed by atoms with E-state index in [9.17, 15) is 19.2 Å². The predicted molar refractivity (Wildman–Crippen MR) is 93.2 cm³/mol. The van der Waals surface area contributed by atoms with Gasteiger partial charge in [-0.1, -0.05) is 12.8 Å². The minimum Gasteiger partial charge on any atom is -0.465 e. The standard InChI is InChI=1S/C19H22N2O5/c1-26-19(25)12-6-8-13(9-7-12)20-16(22)10-11-21-17(23)14-4-2-3-5-15(14)18(21)24/h6-9,14-15H,2-5,10-11H2,1H3,(H,20,22)/t14-,15-/m0/s1. The van der Waals surface area contributed by atoms with E-state index in [0.717, 1.165) is 25.7 Å². The van der Waals surface area contributed by atoms with Crippen molar-refractivity contribution in [2.45, 2.75) is 32.1 Å². The molecule has 0 radical (unpaired) electrons. The van der Waals surface area contributed by atoms with Crippen LogP contribution in [0.25, 0.3) is 0 Å². The topological polar surface area (TPSA) is 92.8 Å². The molecule has 0 unspecified atom stereocenters. The van der Waals surface area contributed by atoms with Crippen molar-refractivity contribution in [3.63, 3.8) is 0 Å². The number of anilines is 1. The van der Waals surface area contributed by atoms with Crippen LogP contribution >= 0.6 is 0 Å². The molecule has 2 fully saturated rings. The summed E-state index contributed by atoms with van der Waals surface area (Å²) in [5, 5.41) is 2.70. The molecule has 1 aromatic rings. The van der Waals surface area contributed by atoms with Crippen molar-refractivity contribution < 1.29 is 23.9 Å². The fourth-order valence-corrected chi connectivity index (χ4v) is 3.70. The van der Waals surface area contributed by atoms with Gasteiger partial charge in [0.15, 0.2) is 0 Å². The first-order valence-corrected chi connectivity index (χ1v) is 8.84. The van der Waals surface area contributed by atoms with Gasteiger partial charge >= 0.3 is 5.97 Å². The summed E-state index contributed by atoms with van der Waals surface area (Å²) in [5.41, 5.74) is 0.928. The second kappa shape index (κ2) is 7.68. The molecule has 1 aliphatic heterocycles. The monoisotopic (exact) mass is 358 g/mol. The number of imide groups is 1. The number of nitrogens with one attached hydrogen (secondary N) is 1. The van der Waals surface area contributed by atoms with E-state index in [1.807, 2.05) is 0 Å². The SMILES string of the molecule is COC(=O)c1ccc(NC(=O)CCN2C(=O)[C@H]3CCCC[C@@H]3C2=O)cc1. The van der Waals surface area contributed by atoms with E-state index >= 15 is 0 Å². The maximum absolute atomic E-state index is 12.4. The Morgan fingerprint density at radius 3 is 2.19 bits per heavy atom. The van der Waals surface area contributed by atoms with E-state index in [4.69, 9.17) is 0 Å². The van der Waals surface area contributed by atoms with Gasteiger partial charge in [-0.05, 0) is 37.1 Å². The van der Waals surface area contributed by atoms with Crippen molar-refractivity contribution in [2.24, 2.45) is 11.8 Å². The number of hydrogen-bond acceptors (Lipinski definition) is 5. The first-order valence-electron chi connectivity index (χ1n) is 8.84. The maximum Gasteiger partial charge on any atom is 0.337 e. The number of esters is 1. The molecule has 2 aliphatic rings. The minimum atomic E-state index is -0.449. The lowest BCUT2D eigenvalue weighted by Gasteiger charge is -2.19. The van der Waals surface area contributed by atoms with Crippen molar-refractivity contribution >= 4 is 29.4 Å². The summed E-state index contributed by atoms with van der Waals surface area (Å²) in [5.74, 6) is -1.37. The van der Waals surface area contributed by atoms with Gasteiger partial charge in [0.05, 0.1) is 24.5 Å². The summed E-state index contributed by atoms with van der Waals surface area (Å²) < 4.78 is 4.62. The van der Waals surface area contributed by atoms with Gasteiger partial charge in [0.25, 0.3) is 0 Å². The van der Waals surface area contributed by atoms with Gasteiger partial charge in [0.2, 0.25) is 17.7 Å². The largest absolute Gasteiger partial charge is 0.465 e. The molecule has 1 heterocycles. The van der Waals surface area contributed by atoms with Crippen LogP contribution in [0.4, 0.5) is 5.69 Å². The smallest absolute Gasteiger partial charge is 0.337 e. The highest BCUT2D eigenvalue weighted by Gasteiger charge is 2.47. The van der Waals surface area contributed by atoms with Crippen LogP contribution in [0.5, 0.6) is 0 Å². The third kappa shape index (κ3) is 3.61. The molecular formula is C19H22N2O5. The second-order valence-corrected chi connectivity index (χ2v) is 6.69. The van der Waals surface area contributed by atoms with Crippen molar-refractivity contribution in [1.29, 1.82) is 0 Å². The number of carbonyl (C=O) groups excluding carboxylic acids is 4. The van der Waals surface area contributed by atoms with Gasteiger partial charge in [0, 0.05) is 18.7 Å². The Labute approximate surface area is 151 Å². The molecule has 1 saturated heterocycles. The number of nitrogens with zero attached hydrogens (tertiary/aromatic N) is 1. The Kier molecular flexibility index (Phi) is 5.35. The third-order valence-corrected chi connectivity index (χ3v) is 5.08. The van der Waals surface area contributed by atoms with Crippen molar-refractivity contribution in [2.75, 3.05) is 19.0 Å². The first kappa shape index (κ1) is 18.1. The molecule has 138 valence electrons. The third-order valence-electron chi connectivity index (χ3n) is 5.08. The van der Waals surface area contributed by atoms with E-state index in [1.165, 1.54) is 12.0 Å². The molecule has 3 rings (SSSR count). The zero-order valence-corrected chi connectivity index (χ0v) is 14.7. The van der Waals surface area contributed by atoms with Crippen LogP contribution in [0.3, 0.4) is 0 Å². The molecule has 1 saturated carbocycles. The fourth-order valence-electron chi connectivity index (χ4n) is 3.70. The lowest BCUT2D eigenvalue weighted by Crippen LogP contribution is -2.34. The molecular weight excluding hydrogens is 336 g/mol. The number of methoxy groups -OCH3 is 1. The minimum absolute atomic E-state index is 0.0513. The number of fused-ring (bicyclic) bond motifs is 1. The number of amides is 3. The van der Waals surface area contributed by atoms with Crippen molar-refractivity contribution in [3.05, 3.63) is 29.8 Å². The Morgan fingerprint density at radius 2 is 1.65 bits per heavy atom. The summed E-state index contributed by atoms with van der Waals surface area (Å²) in [6.07, 6.45) is 3.55. The molecule has 26 heavy (non-hydrogen) atoms. The second-order valence-electron chi connectivity index (χ2n) is 6.69. The van der Waals surface area contributed by atoms with Crippen molar-refractivity contribution in [1.82, 2.24) is 4.90 Å². The highest BCUT2D eigenvalue weighted by Crippen LogP contribution is 2.37. The lowest BCUT2D eigenvalue weighted by atomic mass is 9.81. The van der Waals surface area contributed by atoms with E-state index in [2.05, 4.69) is 10.1 Å². The fraction of sp³-hybridized carbons (Fsp3) is 0.474. The van der Waals surface area contributed by atoms with E-state index in [1.54, 1.807) is 24.3 Å². The maximum atomic E-state index is 12.4. The van der Waals surface area contributed by atoms with E-state index in [-0.39, 0.29) is 42.5 Å². The summed E-state index contributed by atoms with van der Waals surface area (Å²) in [7, 11) is 1.30. The average molecular weight is 358 g/mol. The summed E-state index contributed by atoms with van der Waals surface area (Å²) in [6.45, 7) is 0.108. The Morgan fingerprint density at radius 1 is 1.08 bits per heavy atom. The Balaban J connectivity index is 1.53. The number of likely N-dealkylation sites (tertiary alicyclic amines) is 1. The summed E-state index contributed by atoms with van der Waals surface area (Å²) in [6, 6.07) is 6.31. The van der Waals surface area contributed by atoms with Crippen LogP contribution in [0.1, 0.15) is 42.5 Å². The molecule has 7 heteroatoms. The number of carbonyl (C=O) groups is 4. The molecule has 1 aromatic carbocycles. The molecule has 0 bridgehead atoms. The zero-order chi connectivity index (χ0) is 18.7. The van der Waals surface area contributed by atoms with Gasteiger partial charge in [-0.25, -0.2) is 4.79 Å². The van der Waals surface area contributed by atoms with Gasteiger partial charge in [-0.2, -0.15) is 0 Å². The molecule has 2 atom stereocenters. The van der Waals surface area contributed by atoms with Crippen LogP contribution in [0.2, 0.25) is 0 Å². The molecule has 0 aromatic heterocycles. The summed E-state index contributed by atoms with van der Waals surface area (Å²) in [4.78, 5) is 49.5. The van der Waals surface area contributed by atoms with Crippen LogP contribution in [-0.4, -0.2) is 42.2 Å². The van der Waals surface area contributed by atoms with Gasteiger partial charge < -0.3 is 10.1 Å². The first-order chi connectivity index (χ1) is 12.5. The van der Waals surface area contributed by atoms with Crippen LogP contribution in [-0.2, 0) is 19.1 Å². The molecule has 7 nitrogen and oxygen atoms in total. The van der Waals surface area contributed by atoms with Gasteiger partial charge in [-0.3, -0.25) is 19.3 Å². The molecule has 0 spiro atoms. The number of rotatable bonds is 5. The van der Waals surface area contributed by atoms with Gasteiger partial charge in [-0.15, -0.1) is 0 Å². The molecule has 1 N–H and O–H groups in total. The van der Waals surface area contributed by atoms with Crippen molar-refractivity contribution in [3.8, 4) is 0 Å². The number of benzene rings is 1. The van der Waals surface area contributed by atoms with E-state index < -0.39 is 5.97 Å². The average Bonchev–Trinajstić information content (AvgIpc) is 2.91. The van der Waals surface area contributed by atoms with Gasteiger partial charge in [0.1, 0.15) is 0 Å². The highest BCUT2D eigenvalue weighted by atomic mass is 16.5. The predicted octanol–water partition coefficient (Wildman–Crippen LogP) is 1.98.